The van der Waals surface area contributed by atoms with Crippen LogP contribution in [0.1, 0.15) is 5.56 Å². The molecule has 6 heteroatoms. The van der Waals surface area contributed by atoms with E-state index in [4.69, 9.17) is 0 Å². The first-order chi connectivity index (χ1) is 13.6. The van der Waals surface area contributed by atoms with E-state index in [9.17, 15) is 9.59 Å². The average Bonchev–Trinajstić information content (AvgIpc) is 2.71. The Morgan fingerprint density at radius 2 is 1.68 bits per heavy atom. The lowest BCUT2D eigenvalue weighted by Crippen LogP contribution is -2.49. The van der Waals surface area contributed by atoms with Crippen molar-refractivity contribution in [2.24, 2.45) is 0 Å². The summed E-state index contributed by atoms with van der Waals surface area (Å²) in [5.41, 5.74) is 1.16. The van der Waals surface area contributed by atoms with Gasteiger partial charge >= 0.3 is 0 Å². The molecule has 1 amide bonds. The average molecular weight is 440 g/mol. The highest BCUT2D eigenvalue weighted by Gasteiger charge is 2.22. The van der Waals surface area contributed by atoms with Crippen molar-refractivity contribution in [3.63, 3.8) is 0 Å². The third kappa shape index (κ3) is 4.18. The number of nitrogens with zero attached hydrogens (tertiary/aromatic N) is 3. The molecule has 1 aliphatic heterocycles. The van der Waals surface area contributed by atoms with Gasteiger partial charge < -0.3 is 9.47 Å². The van der Waals surface area contributed by atoms with E-state index in [2.05, 4.69) is 63.3 Å². The molecule has 2 heterocycles. The number of rotatable bonds is 4. The predicted molar refractivity (Wildman–Crippen MR) is 114 cm³/mol. The SMILES string of the molecule is O=C(Cn1cc(Br)ccc1=O)N1CCN(Cc2cccc3ccccc23)CC1. The van der Waals surface area contributed by atoms with Crippen molar-refractivity contribution in [1.29, 1.82) is 0 Å². The fraction of sp³-hybridized carbons (Fsp3) is 0.273. The van der Waals surface area contributed by atoms with E-state index < -0.39 is 0 Å². The van der Waals surface area contributed by atoms with Crippen LogP contribution in [0.4, 0.5) is 0 Å². The minimum absolute atomic E-state index is 0.00925. The monoisotopic (exact) mass is 439 g/mol. The lowest BCUT2D eigenvalue weighted by molar-refractivity contribution is -0.133. The second kappa shape index (κ2) is 8.29. The van der Waals surface area contributed by atoms with Gasteiger partial charge in [-0.2, -0.15) is 0 Å². The van der Waals surface area contributed by atoms with Crippen LogP contribution in [-0.2, 0) is 17.9 Å². The minimum Gasteiger partial charge on any atom is -0.339 e. The Kier molecular flexibility index (Phi) is 5.59. The predicted octanol–water partition coefficient (Wildman–Crippen LogP) is 3.11. The first-order valence-corrected chi connectivity index (χ1v) is 10.2. The van der Waals surface area contributed by atoms with E-state index in [-0.39, 0.29) is 18.0 Å². The largest absolute Gasteiger partial charge is 0.339 e. The van der Waals surface area contributed by atoms with Crippen LogP contribution in [0.15, 0.2) is 70.1 Å². The summed E-state index contributed by atoms with van der Waals surface area (Å²) >= 11 is 3.35. The molecule has 1 fully saturated rings. The molecule has 144 valence electrons. The van der Waals surface area contributed by atoms with E-state index in [0.717, 1.165) is 24.1 Å². The quantitative estimate of drug-likeness (QED) is 0.627. The zero-order valence-electron chi connectivity index (χ0n) is 15.6. The second-order valence-corrected chi connectivity index (χ2v) is 8.02. The zero-order valence-corrected chi connectivity index (χ0v) is 17.1. The number of carbonyl (C=O) groups is 1. The number of piperazine rings is 1. The number of aromatic nitrogens is 1. The summed E-state index contributed by atoms with van der Waals surface area (Å²) in [6.45, 7) is 4.01. The molecule has 1 saturated heterocycles. The van der Waals surface area contributed by atoms with Crippen molar-refractivity contribution in [3.8, 4) is 0 Å². The molecule has 1 aliphatic rings. The minimum atomic E-state index is -0.161. The topological polar surface area (TPSA) is 45.6 Å². The maximum Gasteiger partial charge on any atom is 0.251 e. The molecule has 4 rings (SSSR count). The Bertz CT molecular complexity index is 1050. The van der Waals surface area contributed by atoms with Crippen LogP contribution in [0.5, 0.6) is 0 Å². The van der Waals surface area contributed by atoms with Gasteiger partial charge in [0, 0.05) is 49.5 Å². The molecule has 0 radical (unpaired) electrons. The molecule has 0 aliphatic carbocycles. The standard InChI is InChI=1S/C22H22BrN3O2/c23-19-8-9-21(27)26(15-19)16-22(28)25-12-10-24(11-13-25)14-18-6-3-5-17-4-1-2-7-20(17)18/h1-9,15H,10-14,16H2. The van der Waals surface area contributed by atoms with E-state index >= 15 is 0 Å². The molecule has 0 spiro atoms. The van der Waals surface area contributed by atoms with Crippen LogP contribution < -0.4 is 5.56 Å². The molecular formula is C22H22BrN3O2. The molecule has 0 saturated carbocycles. The highest BCUT2D eigenvalue weighted by atomic mass is 79.9. The number of carbonyl (C=O) groups excluding carboxylic acids is 1. The Labute approximate surface area is 172 Å². The summed E-state index contributed by atoms with van der Waals surface area (Å²) in [6, 6.07) is 18.0. The van der Waals surface area contributed by atoms with Gasteiger partial charge in [-0.1, -0.05) is 42.5 Å². The molecule has 0 unspecified atom stereocenters. The third-order valence-electron chi connectivity index (χ3n) is 5.25. The van der Waals surface area contributed by atoms with Crippen LogP contribution in [0, 0.1) is 0 Å². The third-order valence-corrected chi connectivity index (χ3v) is 5.72. The lowest BCUT2D eigenvalue weighted by atomic mass is 10.0. The number of benzene rings is 2. The Morgan fingerprint density at radius 1 is 0.929 bits per heavy atom. The van der Waals surface area contributed by atoms with Gasteiger partial charge in [-0.15, -0.1) is 0 Å². The molecule has 0 bridgehead atoms. The number of amides is 1. The molecule has 1 aromatic heterocycles. The smallest absolute Gasteiger partial charge is 0.251 e. The van der Waals surface area contributed by atoms with Crippen molar-refractivity contribution in [2.45, 2.75) is 13.1 Å². The molecule has 0 N–H and O–H groups in total. The Hall–Kier alpha value is -2.44. The Morgan fingerprint density at radius 3 is 2.50 bits per heavy atom. The summed E-state index contributed by atoms with van der Waals surface area (Å²) in [4.78, 5) is 28.8. The number of fused-ring (bicyclic) bond motifs is 1. The van der Waals surface area contributed by atoms with Gasteiger partial charge in [-0.25, -0.2) is 0 Å². The van der Waals surface area contributed by atoms with E-state index in [1.165, 1.54) is 27.0 Å². The fourth-order valence-electron chi connectivity index (χ4n) is 3.70. The summed E-state index contributed by atoms with van der Waals surface area (Å²) in [7, 11) is 0. The van der Waals surface area contributed by atoms with Crippen LogP contribution >= 0.6 is 15.9 Å². The molecule has 3 aromatic rings. The summed E-state index contributed by atoms with van der Waals surface area (Å²) in [5, 5.41) is 2.55. The van der Waals surface area contributed by atoms with Gasteiger partial charge in [-0.3, -0.25) is 14.5 Å². The molecular weight excluding hydrogens is 418 g/mol. The second-order valence-electron chi connectivity index (χ2n) is 7.11. The van der Waals surface area contributed by atoms with Crippen molar-refractivity contribution in [2.75, 3.05) is 26.2 Å². The number of hydrogen-bond donors (Lipinski definition) is 0. The van der Waals surface area contributed by atoms with Crippen LogP contribution in [0.3, 0.4) is 0 Å². The highest BCUT2D eigenvalue weighted by molar-refractivity contribution is 9.10. The van der Waals surface area contributed by atoms with Crippen molar-refractivity contribution in [1.82, 2.24) is 14.4 Å². The fourth-order valence-corrected chi connectivity index (χ4v) is 4.08. The maximum absolute atomic E-state index is 12.6. The van der Waals surface area contributed by atoms with Crippen molar-refractivity contribution in [3.05, 3.63) is 81.2 Å². The zero-order chi connectivity index (χ0) is 19.5. The van der Waals surface area contributed by atoms with Crippen molar-refractivity contribution < 1.29 is 4.79 Å². The first kappa shape index (κ1) is 18.9. The van der Waals surface area contributed by atoms with E-state index in [0.29, 0.717) is 13.1 Å². The Balaban J connectivity index is 1.37. The van der Waals surface area contributed by atoms with Crippen LogP contribution in [0.2, 0.25) is 0 Å². The van der Waals surface area contributed by atoms with E-state index in [1.807, 2.05) is 4.90 Å². The van der Waals surface area contributed by atoms with Crippen molar-refractivity contribution >= 4 is 32.6 Å². The van der Waals surface area contributed by atoms with Gasteiger partial charge in [-0.05, 0) is 38.3 Å². The molecule has 28 heavy (non-hydrogen) atoms. The number of hydrogen-bond acceptors (Lipinski definition) is 3. The van der Waals surface area contributed by atoms with Gasteiger partial charge in [0.05, 0.1) is 0 Å². The number of halogens is 1. The van der Waals surface area contributed by atoms with Gasteiger partial charge in [0.1, 0.15) is 6.54 Å². The molecule has 2 aromatic carbocycles. The van der Waals surface area contributed by atoms with Gasteiger partial charge in [0.2, 0.25) is 5.91 Å². The maximum atomic E-state index is 12.6. The first-order valence-electron chi connectivity index (χ1n) is 9.43. The summed E-state index contributed by atoms with van der Waals surface area (Å²) in [5.74, 6) is -0.00925. The summed E-state index contributed by atoms with van der Waals surface area (Å²) < 4.78 is 2.24. The molecule has 0 atom stereocenters. The summed E-state index contributed by atoms with van der Waals surface area (Å²) in [6.07, 6.45) is 1.66. The highest BCUT2D eigenvalue weighted by Crippen LogP contribution is 2.20. The number of pyridine rings is 1. The van der Waals surface area contributed by atoms with E-state index in [1.54, 1.807) is 12.3 Å². The van der Waals surface area contributed by atoms with Gasteiger partial charge in [0.25, 0.3) is 5.56 Å². The van der Waals surface area contributed by atoms with Crippen LogP contribution in [0.25, 0.3) is 10.8 Å². The van der Waals surface area contributed by atoms with Gasteiger partial charge in [0.15, 0.2) is 0 Å². The lowest BCUT2D eigenvalue weighted by Gasteiger charge is -2.35. The van der Waals surface area contributed by atoms with Crippen LogP contribution in [-0.4, -0.2) is 46.5 Å². The normalized spacial score (nSPS) is 15.1. The molecule has 5 nitrogen and oxygen atoms in total.